The molecule has 6 nitrogen and oxygen atoms in total. The topological polar surface area (TPSA) is 74.0 Å². The molecule has 0 saturated carbocycles. The van der Waals surface area contributed by atoms with E-state index in [2.05, 4.69) is 0 Å². The van der Waals surface area contributed by atoms with Crippen LogP contribution < -0.4 is 19.9 Å². The molecule has 7 heteroatoms. The van der Waals surface area contributed by atoms with E-state index in [0.717, 1.165) is 13.0 Å². The van der Waals surface area contributed by atoms with Crippen LogP contribution in [0.5, 0.6) is 17.2 Å². The van der Waals surface area contributed by atoms with Gasteiger partial charge in [0.15, 0.2) is 11.5 Å². The highest BCUT2D eigenvalue weighted by molar-refractivity contribution is 5.95. The van der Waals surface area contributed by atoms with Gasteiger partial charge in [-0.1, -0.05) is 0 Å². The quantitative estimate of drug-likeness (QED) is 0.905. The van der Waals surface area contributed by atoms with E-state index in [-0.39, 0.29) is 18.3 Å². The van der Waals surface area contributed by atoms with Gasteiger partial charge in [-0.2, -0.15) is 0 Å². The number of fused-ring (bicyclic) bond motifs is 1. The Morgan fingerprint density at radius 2 is 2.18 bits per heavy atom. The van der Waals surface area contributed by atoms with Gasteiger partial charge in [-0.3, -0.25) is 4.79 Å². The largest absolute Gasteiger partial charge is 0.493 e. The number of amides is 1. The van der Waals surface area contributed by atoms with Gasteiger partial charge in [-0.25, -0.2) is 0 Å². The lowest BCUT2D eigenvalue weighted by Gasteiger charge is -2.22. The van der Waals surface area contributed by atoms with Crippen LogP contribution in [0.15, 0.2) is 12.1 Å². The average molecular weight is 329 g/mol. The van der Waals surface area contributed by atoms with Crippen LogP contribution in [-0.4, -0.2) is 50.8 Å². The normalized spacial score (nSPS) is 19.5. The molecule has 2 heterocycles. The Bertz CT molecular complexity index is 535. The van der Waals surface area contributed by atoms with Crippen molar-refractivity contribution in [2.24, 2.45) is 11.7 Å². The SMILES string of the molecule is COc1cc(C(=O)N2CCC(CN)C2)cc2c1OCCO2.Cl. The van der Waals surface area contributed by atoms with Crippen LogP contribution in [0.4, 0.5) is 0 Å². The second kappa shape index (κ2) is 7.07. The van der Waals surface area contributed by atoms with Gasteiger partial charge in [0.25, 0.3) is 5.91 Å². The molecule has 0 aliphatic carbocycles. The van der Waals surface area contributed by atoms with Crippen molar-refractivity contribution in [3.05, 3.63) is 17.7 Å². The van der Waals surface area contributed by atoms with E-state index in [1.807, 2.05) is 4.90 Å². The van der Waals surface area contributed by atoms with Crippen molar-refractivity contribution < 1.29 is 19.0 Å². The molecule has 0 radical (unpaired) electrons. The Labute approximate surface area is 135 Å². The maximum atomic E-state index is 12.6. The first-order chi connectivity index (χ1) is 10.2. The molecule has 2 N–H and O–H groups in total. The van der Waals surface area contributed by atoms with Crippen LogP contribution in [0.3, 0.4) is 0 Å². The van der Waals surface area contributed by atoms with Gasteiger partial charge < -0.3 is 24.8 Å². The lowest BCUT2D eigenvalue weighted by molar-refractivity contribution is 0.0786. The molecule has 122 valence electrons. The fraction of sp³-hybridized carbons (Fsp3) is 0.533. The zero-order valence-electron chi connectivity index (χ0n) is 12.5. The minimum atomic E-state index is -0.0128. The first-order valence-corrected chi connectivity index (χ1v) is 7.20. The van der Waals surface area contributed by atoms with Crippen molar-refractivity contribution in [2.45, 2.75) is 6.42 Å². The van der Waals surface area contributed by atoms with Crippen molar-refractivity contribution >= 4 is 18.3 Å². The van der Waals surface area contributed by atoms with Gasteiger partial charge in [-0.05, 0) is 31.0 Å². The van der Waals surface area contributed by atoms with Gasteiger partial charge in [0.2, 0.25) is 5.75 Å². The summed E-state index contributed by atoms with van der Waals surface area (Å²) in [6.07, 6.45) is 0.962. The van der Waals surface area contributed by atoms with Crippen LogP contribution in [0.2, 0.25) is 0 Å². The van der Waals surface area contributed by atoms with Gasteiger partial charge in [0.05, 0.1) is 7.11 Å². The molecule has 1 saturated heterocycles. The summed E-state index contributed by atoms with van der Waals surface area (Å²) < 4.78 is 16.4. The smallest absolute Gasteiger partial charge is 0.254 e. The summed E-state index contributed by atoms with van der Waals surface area (Å²) in [5, 5.41) is 0. The maximum absolute atomic E-state index is 12.6. The van der Waals surface area contributed by atoms with E-state index < -0.39 is 0 Å². The van der Waals surface area contributed by atoms with E-state index in [9.17, 15) is 4.79 Å². The van der Waals surface area contributed by atoms with Crippen LogP contribution in [0.25, 0.3) is 0 Å². The minimum absolute atomic E-state index is 0. The second-order valence-electron chi connectivity index (χ2n) is 5.34. The molecule has 1 aromatic rings. The molecular weight excluding hydrogens is 308 g/mol. The summed E-state index contributed by atoms with van der Waals surface area (Å²) >= 11 is 0. The van der Waals surface area contributed by atoms with Crippen molar-refractivity contribution in [3.63, 3.8) is 0 Å². The van der Waals surface area contributed by atoms with Gasteiger partial charge >= 0.3 is 0 Å². The Morgan fingerprint density at radius 1 is 1.41 bits per heavy atom. The predicted octanol–water partition coefficient (Wildman–Crippen LogP) is 1.31. The van der Waals surface area contributed by atoms with Crippen molar-refractivity contribution in [1.29, 1.82) is 0 Å². The summed E-state index contributed by atoms with van der Waals surface area (Å²) in [5.41, 5.74) is 6.24. The highest BCUT2D eigenvalue weighted by Crippen LogP contribution is 2.40. The Hall–Kier alpha value is -1.66. The highest BCUT2D eigenvalue weighted by Gasteiger charge is 2.28. The average Bonchev–Trinajstić information content (AvgIpc) is 3.02. The first kappa shape index (κ1) is 16.7. The molecule has 2 aliphatic rings. The van der Waals surface area contributed by atoms with Crippen LogP contribution >= 0.6 is 12.4 Å². The number of hydrogen-bond donors (Lipinski definition) is 1. The number of nitrogens with two attached hydrogens (primary N) is 1. The van der Waals surface area contributed by atoms with Gasteiger partial charge in [-0.15, -0.1) is 12.4 Å². The summed E-state index contributed by atoms with van der Waals surface area (Å²) in [4.78, 5) is 14.4. The Morgan fingerprint density at radius 3 is 2.86 bits per heavy atom. The number of hydrogen-bond acceptors (Lipinski definition) is 5. The lowest BCUT2D eigenvalue weighted by Crippen LogP contribution is -2.30. The zero-order chi connectivity index (χ0) is 14.8. The number of carbonyl (C=O) groups is 1. The number of nitrogens with zero attached hydrogens (tertiary/aromatic N) is 1. The lowest BCUT2D eigenvalue weighted by atomic mass is 10.1. The van der Waals surface area contributed by atoms with Crippen molar-refractivity contribution in [3.8, 4) is 17.2 Å². The maximum Gasteiger partial charge on any atom is 0.254 e. The van der Waals surface area contributed by atoms with E-state index in [1.54, 1.807) is 19.2 Å². The summed E-state index contributed by atoms with van der Waals surface area (Å²) in [7, 11) is 1.56. The number of halogens is 1. The fourth-order valence-corrected chi connectivity index (χ4v) is 2.79. The number of rotatable bonds is 3. The molecule has 1 amide bonds. The van der Waals surface area contributed by atoms with Gasteiger partial charge in [0.1, 0.15) is 13.2 Å². The fourth-order valence-electron chi connectivity index (χ4n) is 2.79. The predicted molar refractivity (Wildman–Crippen MR) is 84.3 cm³/mol. The van der Waals surface area contributed by atoms with Crippen LogP contribution in [0.1, 0.15) is 16.8 Å². The third-order valence-corrected chi connectivity index (χ3v) is 3.98. The van der Waals surface area contributed by atoms with E-state index in [0.29, 0.717) is 55.0 Å². The second-order valence-corrected chi connectivity index (χ2v) is 5.34. The Balaban J connectivity index is 0.00000176. The standard InChI is InChI=1S/C15H20N2O4.ClH/c1-19-12-6-11(7-13-14(12)21-5-4-20-13)15(18)17-3-2-10(8-16)9-17;/h6-7,10H,2-5,8-9,16H2,1H3;1H. The summed E-state index contributed by atoms with van der Waals surface area (Å²) in [5.74, 6) is 2.06. The number of methoxy groups -OCH3 is 1. The molecule has 3 rings (SSSR count). The van der Waals surface area contributed by atoms with Crippen molar-refractivity contribution in [2.75, 3.05) is 40.0 Å². The minimum Gasteiger partial charge on any atom is -0.493 e. The third kappa shape index (κ3) is 3.08. The molecule has 0 spiro atoms. The molecule has 1 unspecified atom stereocenters. The summed E-state index contributed by atoms with van der Waals surface area (Å²) in [6.45, 7) is 3.05. The van der Waals surface area contributed by atoms with Crippen LogP contribution in [0, 0.1) is 5.92 Å². The monoisotopic (exact) mass is 328 g/mol. The van der Waals surface area contributed by atoms with E-state index >= 15 is 0 Å². The summed E-state index contributed by atoms with van der Waals surface area (Å²) in [6, 6.07) is 3.45. The first-order valence-electron chi connectivity index (χ1n) is 7.20. The molecule has 1 aromatic carbocycles. The zero-order valence-corrected chi connectivity index (χ0v) is 13.4. The molecule has 0 aromatic heterocycles. The Kier molecular flexibility index (Phi) is 5.37. The molecule has 1 fully saturated rings. The van der Waals surface area contributed by atoms with E-state index in [4.69, 9.17) is 19.9 Å². The molecule has 0 bridgehead atoms. The van der Waals surface area contributed by atoms with Crippen molar-refractivity contribution in [1.82, 2.24) is 4.90 Å². The molecule has 2 aliphatic heterocycles. The molecule has 1 atom stereocenters. The highest BCUT2D eigenvalue weighted by atomic mass is 35.5. The number of ether oxygens (including phenoxy) is 3. The number of likely N-dealkylation sites (tertiary alicyclic amines) is 1. The molecule has 22 heavy (non-hydrogen) atoms. The van der Waals surface area contributed by atoms with Gasteiger partial charge in [0, 0.05) is 18.7 Å². The van der Waals surface area contributed by atoms with E-state index in [1.165, 1.54) is 0 Å². The third-order valence-electron chi connectivity index (χ3n) is 3.98. The molecular formula is C15H21ClN2O4. The number of carbonyl (C=O) groups excluding carboxylic acids is 1. The van der Waals surface area contributed by atoms with Crippen LogP contribution in [-0.2, 0) is 0 Å². The number of benzene rings is 1.